The van der Waals surface area contributed by atoms with E-state index in [4.69, 9.17) is 6.57 Å². The van der Waals surface area contributed by atoms with Crippen LogP contribution in [0.15, 0.2) is 101 Å². The van der Waals surface area contributed by atoms with Gasteiger partial charge in [-0.1, -0.05) is 54.6 Å². The van der Waals surface area contributed by atoms with Gasteiger partial charge in [-0.05, 0) is 35.7 Å². The number of amides is 1. The maximum atomic E-state index is 13.1. The van der Waals surface area contributed by atoms with E-state index in [9.17, 15) is 9.90 Å². The van der Waals surface area contributed by atoms with Gasteiger partial charge in [-0.2, -0.15) is 9.78 Å². The first-order chi connectivity index (χ1) is 18.6. The number of hydrogen-bond acceptors (Lipinski definition) is 6. The Morgan fingerprint density at radius 3 is 2.58 bits per heavy atom. The zero-order valence-electron chi connectivity index (χ0n) is 19.7. The molecule has 10 heteroatoms. The first kappa shape index (κ1) is 22.6. The number of anilines is 1. The summed E-state index contributed by atoms with van der Waals surface area (Å²) in [6.45, 7) is 7.56. The van der Waals surface area contributed by atoms with Crippen LogP contribution < -0.4 is 5.32 Å². The van der Waals surface area contributed by atoms with Gasteiger partial charge in [0.2, 0.25) is 5.95 Å². The number of phenolic OH excluding ortho intramolecular Hbond substituents is 1. The third-order valence-electron chi connectivity index (χ3n) is 5.94. The van der Waals surface area contributed by atoms with Crippen LogP contribution in [0.1, 0.15) is 10.4 Å². The molecule has 0 spiro atoms. The molecule has 1 amide bonds. The summed E-state index contributed by atoms with van der Waals surface area (Å²) >= 11 is 0. The molecule has 0 saturated heterocycles. The highest BCUT2D eigenvalue weighted by Crippen LogP contribution is 2.41. The van der Waals surface area contributed by atoms with Gasteiger partial charge < -0.3 is 15.4 Å². The van der Waals surface area contributed by atoms with E-state index in [1.165, 1.54) is 10.9 Å². The fraction of sp³-hybridized carbons (Fsp3) is 0. The third-order valence-corrected chi connectivity index (χ3v) is 5.94. The minimum Gasteiger partial charge on any atom is -0.505 e. The molecule has 6 rings (SSSR count). The van der Waals surface area contributed by atoms with Crippen LogP contribution in [0.5, 0.6) is 5.75 Å². The molecule has 6 aromatic rings. The van der Waals surface area contributed by atoms with Gasteiger partial charge >= 0.3 is 0 Å². The zero-order chi connectivity index (χ0) is 26.1. The summed E-state index contributed by atoms with van der Waals surface area (Å²) < 4.78 is 1.38. The van der Waals surface area contributed by atoms with Crippen molar-refractivity contribution in [3.05, 3.63) is 108 Å². The Balaban J connectivity index is 1.45. The van der Waals surface area contributed by atoms with E-state index in [0.717, 1.165) is 11.0 Å². The molecular formula is C28H18N8O2. The average Bonchev–Trinajstić information content (AvgIpc) is 3.56. The molecule has 182 valence electrons. The fourth-order valence-electron chi connectivity index (χ4n) is 4.11. The number of hydrogen-bond donors (Lipinski definition) is 3. The van der Waals surface area contributed by atoms with Gasteiger partial charge in [-0.3, -0.25) is 4.79 Å². The minimum absolute atomic E-state index is 0.0395. The van der Waals surface area contributed by atoms with Crippen molar-refractivity contribution < 1.29 is 9.90 Å². The fourth-order valence-corrected chi connectivity index (χ4v) is 4.11. The number of fused-ring (bicyclic) bond motifs is 2. The van der Waals surface area contributed by atoms with Crippen LogP contribution in [0.2, 0.25) is 0 Å². The molecular weight excluding hydrogens is 480 g/mol. The molecule has 3 N–H and O–H groups in total. The van der Waals surface area contributed by atoms with Crippen molar-refractivity contribution in [2.45, 2.75) is 0 Å². The topological polar surface area (TPSA) is 125 Å². The Kier molecular flexibility index (Phi) is 5.56. The summed E-state index contributed by atoms with van der Waals surface area (Å²) in [6, 6.07) is 25.2. The summed E-state index contributed by atoms with van der Waals surface area (Å²) in [5, 5.41) is 28.1. The molecule has 4 aromatic carbocycles. The number of azo groups is 1. The van der Waals surface area contributed by atoms with Crippen LogP contribution in [0, 0.1) is 6.57 Å². The molecule has 0 radical (unpaired) electrons. The minimum atomic E-state index is -0.495. The number of nitrogens with zero attached hydrogens (tertiary/aromatic N) is 6. The Bertz CT molecular complexity index is 1860. The van der Waals surface area contributed by atoms with Crippen molar-refractivity contribution in [1.82, 2.24) is 19.7 Å². The second kappa shape index (κ2) is 9.33. The highest BCUT2D eigenvalue weighted by Gasteiger charge is 2.20. The molecule has 0 unspecified atom stereocenters. The van der Waals surface area contributed by atoms with Crippen molar-refractivity contribution in [2.75, 3.05) is 5.32 Å². The SMILES string of the molecule is [C-]#[N+]c1cnn(-c2nc3ccccc3[nH]2)c1N=Nc1c(O)c(C(=O)Nc2ccccc2)cc2ccccc12. The Hall–Kier alpha value is -5.82. The quantitative estimate of drug-likeness (QED) is 0.178. The number of benzene rings is 4. The maximum Gasteiger partial charge on any atom is 0.259 e. The van der Waals surface area contributed by atoms with Crippen molar-refractivity contribution in [2.24, 2.45) is 10.2 Å². The van der Waals surface area contributed by atoms with Crippen LogP contribution in [-0.2, 0) is 0 Å². The molecule has 0 aliphatic carbocycles. The number of carbonyl (C=O) groups is 1. The lowest BCUT2D eigenvalue weighted by Gasteiger charge is -2.11. The normalized spacial score (nSPS) is 11.2. The van der Waals surface area contributed by atoms with E-state index < -0.39 is 5.91 Å². The predicted octanol–water partition coefficient (Wildman–Crippen LogP) is 6.83. The highest BCUT2D eigenvalue weighted by atomic mass is 16.3. The molecule has 0 atom stereocenters. The highest BCUT2D eigenvalue weighted by molar-refractivity contribution is 6.11. The molecule has 2 aromatic heterocycles. The summed E-state index contributed by atoms with van der Waals surface area (Å²) in [6.07, 6.45) is 1.37. The molecule has 0 saturated carbocycles. The lowest BCUT2D eigenvalue weighted by Crippen LogP contribution is -2.12. The molecule has 38 heavy (non-hydrogen) atoms. The number of carbonyl (C=O) groups excluding carboxylic acids is 1. The van der Waals surface area contributed by atoms with Gasteiger partial charge in [-0.25, -0.2) is 9.83 Å². The molecule has 2 heterocycles. The number of para-hydroxylation sites is 3. The maximum absolute atomic E-state index is 13.1. The summed E-state index contributed by atoms with van der Waals surface area (Å²) in [5.74, 6) is -0.341. The van der Waals surface area contributed by atoms with E-state index >= 15 is 0 Å². The number of imidazole rings is 1. The summed E-state index contributed by atoms with van der Waals surface area (Å²) in [5.41, 5.74) is 2.39. The van der Waals surface area contributed by atoms with Gasteiger partial charge in [0.25, 0.3) is 11.6 Å². The van der Waals surface area contributed by atoms with E-state index in [-0.39, 0.29) is 28.5 Å². The summed E-state index contributed by atoms with van der Waals surface area (Å²) in [4.78, 5) is 24.3. The number of rotatable bonds is 5. The predicted molar refractivity (Wildman–Crippen MR) is 144 cm³/mol. The van der Waals surface area contributed by atoms with E-state index in [1.54, 1.807) is 42.5 Å². The first-order valence-electron chi connectivity index (χ1n) is 11.6. The number of nitrogens with one attached hydrogen (secondary N) is 2. The Morgan fingerprint density at radius 1 is 1.00 bits per heavy atom. The lowest BCUT2D eigenvalue weighted by molar-refractivity contribution is 0.102. The number of H-pyrrole nitrogens is 1. The number of aromatic amines is 1. The lowest BCUT2D eigenvalue weighted by atomic mass is 10.0. The molecule has 0 aliphatic heterocycles. The van der Waals surface area contributed by atoms with Crippen LogP contribution in [0.25, 0.3) is 32.6 Å². The number of aromatic nitrogens is 4. The smallest absolute Gasteiger partial charge is 0.259 e. The van der Waals surface area contributed by atoms with E-state index in [1.807, 2.05) is 42.5 Å². The first-order valence-corrected chi connectivity index (χ1v) is 11.6. The standard InChI is InChI=1S/C28H18N8O2/c1-29-23-16-30-36(28-32-21-13-7-8-14-22(21)33-28)26(23)35-34-24-19-12-6-5-9-17(19)15-20(25(24)37)27(38)31-18-10-3-2-4-11-18/h2-16,37H,(H,31,38)(H,32,33). The Morgan fingerprint density at radius 2 is 1.76 bits per heavy atom. The van der Waals surface area contributed by atoms with Crippen LogP contribution in [0.3, 0.4) is 0 Å². The van der Waals surface area contributed by atoms with Gasteiger partial charge in [0.1, 0.15) is 5.69 Å². The number of aromatic hydroxyl groups is 1. The number of phenols is 1. The second-order valence-corrected chi connectivity index (χ2v) is 8.32. The van der Waals surface area contributed by atoms with Crippen LogP contribution in [0.4, 0.5) is 22.9 Å². The molecule has 10 nitrogen and oxygen atoms in total. The van der Waals surface area contributed by atoms with Crippen molar-refractivity contribution in [3.8, 4) is 11.7 Å². The van der Waals surface area contributed by atoms with Gasteiger partial charge in [0.15, 0.2) is 11.6 Å². The molecule has 0 bridgehead atoms. The van der Waals surface area contributed by atoms with Crippen molar-refractivity contribution in [1.29, 1.82) is 0 Å². The van der Waals surface area contributed by atoms with Gasteiger partial charge in [0, 0.05) is 11.1 Å². The van der Waals surface area contributed by atoms with Crippen molar-refractivity contribution >= 4 is 50.6 Å². The van der Waals surface area contributed by atoms with Crippen LogP contribution in [-0.4, -0.2) is 30.8 Å². The molecule has 0 aliphatic rings. The van der Waals surface area contributed by atoms with Crippen LogP contribution >= 0.6 is 0 Å². The van der Waals surface area contributed by atoms with Crippen molar-refractivity contribution in [3.63, 3.8) is 0 Å². The van der Waals surface area contributed by atoms with Gasteiger partial charge in [-0.15, -0.1) is 10.2 Å². The van der Waals surface area contributed by atoms with Gasteiger partial charge in [0.05, 0.1) is 29.4 Å². The molecule has 0 fully saturated rings. The average molecular weight is 499 g/mol. The third kappa shape index (κ3) is 4.00. The zero-order valence-corrected chi connectivity index (χ0v) is 19.7. The largest absolute Gasteiger partial charge is 0.505 e. The Labute approximate surface area is 215 Å². The monoisotopic (exact) mass is 498 g/mol. The van der Waals surface area contributed by atoms with E-state index in [2.05, 4.69) is 35.5 Å². The summed E-state index contributed by atoms with van der Waals surface area (Å²) in [7, 11) is 0. The second-order valence-electron chi connectivity index (χ2n) is 8.32. The van der Waals surface area contributed by atoms with E-state index in [0.29, 0.717) is 22.4 Å².